The van der Waals surface area contributed by atoms with Crippen LogP contribution in [0.3, 0.4) is 0 Å². The van der Waals surface area contributed by atoms with Crippen LogP contribution in [-0.2, 0) is 6.42 Å². The van der Waals surface area contributed by atoms with Crippen molar-refractivity contribution in [2.75, 3.05) is 5.75 Å². The summed E-state index contributed by atoms with van der Waals surface area (Å²) in [5, 5.41) is 0. The van der Waals surface area contributed by atoms with Crippen LogP contribution in [0.15, 0.2) is 41.6 Å². The third-order valence-corrected chi connectivity index (χ3v) is 5.50. The molecule has 0 atom stereocenters. The fourth-order valence-electron chi connectivity index (χ4n) is 2.79. The first-order valence-electron chi connectivity index (χ1n) is 9.87. The van der Waals surface area contributed by atoms with Crippen LogP contribution in [-0.4, -0.2) is 15.7 Å². The predicted octanol–water partition coefficient (Wildman–Crippen LogP) is 6.94. The van der Waals surface area contributed by atoms with Crippen LogP contribution in [0.2, 0.25) is 0 Å². The molecule has 0 amide bonds. The SMILES string of the molecule is CCCCCCCCSc1ccc(-c2ncc(CCCC)cn2)cc1. The lowest BCUT2D eigenvalue weighted by Crippen LogP contribution is -1.92. The lowest BCUT2D eigenvalue weighted by atomic mass is 10.1. The van der Waals surface area contributed by atoms with E-state index in [0.29, 0.717) is 0 Å². The van der Waals surface area contributed by atoms with Crippen molar-refractivity contribution in [1.29, 1.82) is 0 Å². The van der Waals surface area contributed by atoms with Crippen LogP contribution in [0, 0.1) is 0 Å². The first-order valence-corrected chi connectivity index (χ1v) is 10.9. The van der Waals surface area contributed by atoms with Gasteiger partial charge in [-0.25, -0.2) is 9.97 Å². The molecule has 2 rings (SSSR count). The average Bonchev–Trinajstić information content (AvgIpc) is 2.66. The molecule has 0 aliphatic rings. The number of hydrogen-bond donors (Lipinski definition) is 0. The van der Waals surface area contributed by atoms with E-state index >= 15 is 0 Å². The predicted molar refractivity (Wildman–Crippen MR) is 110 cm³/mol. The van der Waals surface area contributed by atoms with E-state index in [-0.39, 0.29) is 0 Å². The molecule has 0 fully saturated rings. The largest absolute Gasteiger partial charge is 0.236 e. The molecule has 0 unspecified atom stereocenters. The zero-order valence-electron chi connectivity index (χ0n) is 15.8. The van der Waals surface area contributed by atoms with Gasteiger partial charge in [0.05, 0.1) is 0 Å². The maximum Gasteiger partial charge on any atom is 0.159 e. The van der Waals surface area contributed by atoms with Crippen LogP contribution < -0.4 is 0 Å². The highest BCUT2D eigenvalue weighted by Crippen LogP contribution is 2.23. The summed E-state index contributed by atoms with van der Waals surface area (Å²) in [5.74, 6) is 2.04. The fourth-order valence-corrected chi connectivity index (χ4v) is 3.70. The Morgan fingerprint density at radius 3 is 2.08 bits per heavy atom. The number of aryl methyl sites for hydroxylation is 1. The quantitative estimate of drug-likeness (QED) is 0.304. The van der Waals surface area contributed by atoms with Gasteiger partial charge in [0.25, 0.3) is 0 Å². The van der Waals surface area contributed by atoms with Gasteiger partial charge in [-0.15, -0.1) is 11.8 Å². The lowest BCUT2D eigenvalue weighted by molar-refractivity contribution is 0.627. The highest BCUT2D eigenvalue weighted by Gasteiger charge is 2.02. The smallest absolute Gasteiger partial charge is 0.159 e. The number of thioether (sulfide) groups is 1. The number of aromatic nitrogens is 2. The van der Waals surface area contributed by atoms with Crippen LogP contribution in [0.5, 0.6) is 0 Å². The molecule has 2 aromatic rings. The third kappa shape index (κ3) is 7.60. The molecule has 0 radical (unpaired) electrons. The van der Waals surface area contributed by atoms with E-state index < -0.39 is 0 Å². The van der Waals surface area contributed by atoms with E-state index in [0.717, 1.165) is 17.8 Å². The van der Waals surface area contributed by atoms with Gasteiger partial charge in [0.15, 0.2) is 5.82 Å². The molecule has 2 nitrogen and oxygen atoms in total. The minimum absolute atomic E-state index is 0.827. The van der Waals surface area contributed by atoms with E-state index in [1.54, 1.807) is 0 Å². The van der Waals surface area contributed by atoms with Crippen molar-refractivity contribution in [3.8, 4) is 11.4 Å². The summed E-state index contributed by atoms with van der Waals surface area (Å²) >= 11 is 1.96. The number of rotatable bonds is 12. The summed E-state index contributed by atoms with van der Waals surface area (Å²) < 4.78 is 0. The first kappa shape index (κ1) is 20.0. The zero-order valence-corrected chi connectivity index (χ0v) is 16.7. The number of benzene rings is 1. The van der Waals surface area contributed by atoms with E-state index in [9.17, 15) is 0 Å². The summed E-state index contributed by atoms with van der Waals surface area (Å²) in [6.45, 7) is 4.48. The highest BCUT2D eigenvalue weighted by molar-refractivity contribution is 7.99. The van der Waals surface area contributed by atoms with Crippen molar-refractivity contribution in [1.82, 2.24) is 9.97 Å². The van der Waals surface area contributed by atoms with Gasteiger partial charge in [-0.05, 0) is 42.7 Å². The molecule has 0 bridgehead atoms. The Morgan fingerprint density at radius 2 is 1.40 bits per heavy atom. The molecule has 0 spiro atoms. The molecule has 136 valence electrons. The Balaban J connectivity index is 1.75. The lowest BCUT2D eigenvalue weighted by Gasteiger charge is -2.05. The molecule has 3 heteroatoms. The molecule has 1 aromatic heterocycles. The van der Waals surface area contributed by atoms with Crippen LogP contribution in [0.25, 0.3) is 11.4 Å². The minimum atomic E-state index is 0.827. The second-order valence-electron chi connectivity index (χ2n) is 6.66. The molecule has 1 heterocycles. The number of unbranched alkanes of at least 4 members (excludes halogenated alkanes) is 6. The van der Waals surface area contributed by atoms with Crippen molar-refractivity contribution in [3.05, 3.63) is 42.2 Å². The molecule has 0 saturated heterocycles. The summed E-state index contributed by atoms with van der Waals surface area (Å²) in [5.41, 5.74) is 2.34. The molecule has 1 aromatic carbocycles. The molecule has 0 saturated carbocycles. The molecule has 25 heavy (non-hydrogen) atoms. The van der Waals surface area contributed by atoms with Gasteiger partial charge >= 0.3 is 0 Å². The molecule has 0 aliphatic carbocycles. The van der Waals surface area contributed by atoms with E-state index in [4.69, 9.17) is 0 Å². The van der Waals surface area contributed by atoms with E-state index in [1.165, 1.54) is 67.6 Å². The number of hydrogen-bond acceptors (Lipinski definition) is 3. The van der Waals surface area contributed by atoms with Crippen LogP contribution in [0.1, 0.15) is 70.8 Å². The van der Waals surface area contributed by atoms with Gasteiger partial charge < -0.3 is 0 Å². The Kier molecular flexibility index (Phi) is 9.65. The summed E-state index contributed by atoms with van der Waals surface area (Å²) in [7, 11) is 0. The average molecular weight is 357 g/mol. The van der Waals surface area contributed by atoms with Crippen molar-refractivity contribution < 1.29 is 0 Å². The van der Waals surface area contributed by atoms with Crippen molar-refractivity contribution in [3.63, 3.8) is 0 Å². The standard InChI is InChI=1S/C22H32N2S/c1-3-5-7-8-9-10-16-25-21-14-12-20(13-15-21)22-23-17-19(18-24-22)11-6-4-2/h12-15,17-18H,3-11,16H2,1-2H3. The molecular weight excluding hydrogens is 324 g/mol. The van der Waals surface area contributed by atoms with E-state index in [1.807, 2.05) is 24.2 Å². The Hall–Kier alpha value is -1.35. The Bertz CT molecular complexity index is 578. The number of nitrogens with zero attached hydrogens (tertiary/aromatic N) is 2. The summed E-state index contributed by atoms with van der Waals surface area (Å²) in [4.78, 5) is 10.4. The van der Waals surface area contributed by atoms with Crippen molar-refractivity contribution in [2.45, 2.75) is 76.5 Å². The van der Waals surface area contributed by atoms with Gasteiger partial charge in [0.1, 0.15) is 0 Å². The monoisotopic (exact) mass is 356 g/mol. The third-order valence-electron chi connectivity index (χ3n) is 4.40. The van der Waals surface area contributed by atoms with Gasteiger partial charge in [-0.2, -0.15) is 0 Å². The maximum atomic E-state index is 4.52. The Labute approximate surface area is 157 Å². The summed E-state index contributed by atoms with van der Waals surface area (Å²) in [6.07, 6.45) is 15.6. The second kappa shape index (κ2) is 12.1. The topological polar surface area (TPSA) is 25.8 Å². The van der Waals surface area contributed by atoms with Crippen molar-refractivity contribution >= 4 is 11.8 Å². The zero-order chi connectivity index (χ0) is 17.7. The van der Waals surface area contributed by atoms with Gasteiger partial charge in [-0.1, -0.05) is 64.5 Å². The minimum Gasteiger partial charge on any atom is -0.236 e. The highest BCUT2D eigenvalue weighted by atomic mass is 32.2. The first-order chi connectivity index (χ1) is 12.3. The second-order valence-corrected chi connectivity index (χ2v) is 7.83. The molecule has 0 N–H and O–H groups in total. The van der Waals surface area contributed by atoms with Gasteiger partial charge in [0, 0.05) is 22.9 Å². The van der Waals surface area contributed by atoms with Gasteiger partial charge in [-0.3, -0.25) is 0 Å². The van der Waals surface area contributed by atoms with Crippen LogP contribution >= 0.6 is 11.8 Å². The summed E-state index contributed by atoms with van der Waals surface area (Å²) in [6, 6.07) is 8.69. The van der Waals surface area contributed by atoms with Crippen LogP contribution in [0.4, 0.5) is 0 Å². The normalized spacial score (nSPS) is 11.0. The van der Waals surface area contributed by atoms with Crippen molar-refractivity contribution in [2.24, 2.45) is 0 Å². The van der Waals surface area contributed by atoms with E-state index in [2.05, 4.69) is 48.1 Å². The maximum absolute atomic E-state index is 4.52. The fraction of sp³-hybridized carbons (Fsp3) is 0.545. The molecule has 0 aliphatic heterocycles. The molecular formula is C22H32N2S. The Morgan fingerprint density at radius 1 is 0.760 bits per heavy atom. The van der Waals surface area contributed by atoms with Gasteiger partial charge in [0.2, 0.25) is 0 Å².